The summed E-state index contributed by atoms with van der Waals surface area (Å²) in [5.74, 6) is -0.112. The van der Waals surface area contributed by atoms with E-state index in [9.17, 15) is 9.90 Å². The van der Waals surface area contributed by atoms with Crippen molar-refractivity contribution in [3.63, 3.8) is 0 Å². The molecule has 17 heavy (non-hydrogen) atoms. The predicted octanol–water partition coefficient (Wildman–Crippen LogP) is 2.82. The van der Waals surface area contributed by atoms with Crippen LogP contribution in [0.1, 0.15) is 9.67 Å². The highest BCUT2D eigenvalue weighted by atomic mass is 32.2. The van der Waals surface area contributed by atoms with Gasteiger partial charge >= 0.3 is 0 Å². The van der Waals surface area contributed by atoms with Crippen molar-refractivity contribution in [2.75, 3.05) is 11.6 Å². The van der Waals surface area contributed by atoms with Gasteiger partial charge in [0.25, 0.3) is 5.91 Å². The molecule has 0 aromatic carbocycles. The first-order valence-electron chi connectivity index (χ1n) is 4.79. The molecule has 2 N–H and O–H groups in total. The molecule has 88 valence electrons. The lowest BCUT2D eigenvalue weighted by molar-refractivity contribution is 0.102. The molecule has 4 nitrogen and oxygen atoms in total. The molecule has 0 fully saturated rings. The van der Waals surface area contributed by atoms with Crippen molar-refractivity contribution in [3.05, 3.63) is 34.7 Å². The molecule has 0 aliphatic carbocycles. The van der Waals surface area contributed by atoms with Crippen molar-refractivity contribution in [2.45, 2.75) is 4.90 Å². The van der Waals surface area contributed by atoms with E-state index >= 15 is 0 Å². The molecule has 2 aromatic heterocycles. The Morgan fingerprint density at radius 1 is 1.53 bits per heavy atom. The Bertz CT molecular complexity index is 540. The van der Waals surface area contributed by atoms with Crippen molar-refractivity contribution in [3.8, 4) is 5.75 Å². The van der Waals surface area contributed by atoms with Crippen LogP contribution in [0.15, 0.2) is 34.7 Å². The van der Waals surface area contributed by atoms with Crippen LogP contribution in [0.5, 0.6) is 5.75 Å². The van der Waals surface area contributed by atoms with E-state index in [4.69, 9.17) is 0 Å². The molecule has 1 amide bonds. The number of hydrogen-bond acceptors (Lipinski definition) is 5. The van der Waals surface area contributed by atoms with Gasteiger partial charge in [-0.3, -0.25) is 4.79 Å². The van der Waals surface area contributed by atoms with Crippen LogP contribution in [0.2, 0.25) is 0 Å². The van der Waals surface area contributed by atoms with Crippen LogP contribution in [0.25, 0.3) is 0 Å². The number of anilines is 1. The van der Waals surface area contributed by atoms with Gasteiger partial charge in [-0.15, -0.1) is 23.1 Å². The molecule has 0 saturated carbocycles. The van der Waals surface area contributed by atoms with Crippen molar-refractivity contribution >= 4 is 34.8 Å². The fourth-order valence-electron chi connectivity index (χ4n) is 1.28. The van der Waals surface area contributed by atoms with Gasteiger partial charge in [-0.05, 0) is 29.8 Å². The van der Waals surface area contributed by atoms with E-state index in [1.54, 1.807) is 6.07 Å². The number of amides is 1. The highest BCUT2D eigenvalue weighted by molar-refractivity contribution is 7.98. The molecule has 0 unspecified atom stereocenters. The number of aromatic hydroxyl groups is 1. The van der Waals surface area contributed by atoms with Gasteiger partial charge in [0, 0.05) is 11.1 Å². The molecule has 0 spiro atoms. The molecule has 2 rings (SSSR count). The Hall–Kier alpha value is -1.53. The number of thioether (sulfide) groups is 1. The van der Waals surface area contributed by atoms with E-state index < -0.39 is 0 Å². The molecule has 0 saturated heterocycles. The number of hydrogen-bond donors (Lipinski definition) is 2. The Morgan fingerprint density at radius 2 is 2.35 bits per heavy atom. The van der Waals surface area contributed by atoms with Gasteiger partial charge < -0.3 is 10.4 Å². The number of carbonyl (C=O) groups excluding carboxylic acids is 1. The molecule has 2 aromatic rings. The van der Waals surface area contributed by atoms with Crippen molar-refractivity contribution in [1.82, 2.24) is 4.98 Å². The number of carbonyl (C=O) groups is 1. The minimum Gasteiger partial charge on any atom is -0.504 e. The highest BCUT2D eigenvalue weighted by Crippen LogP contribution is 2.27. The van der Waals surface area contributed by atoms with Crippen LogP contribution < -0.4 is 5.32 Å². The maximum Gasteiger partial charge on any atom is 0.268 e. The lowest BCUT2D eigenvalue weighted by atomic mass is 10.4. The molecule has 0 atom stereocenters. The molecule has 2 heterocycles. The van der Waals surface area contributed by atoms with Crippen LogP contribution >= 0.6 is 23.1 Å². The monoisotopic (exact) mass is 266 g/mol. The fraction of sp³-hybridized carbons (Fsp3) is 0.0909. The fourth-order valence-corrected chi connectivity index (χ4v) is 2.93. The second-order valence-corrected chi connectivity index (χ2v) is 4.91. The maximum absolute atomic E-state index is 11.9. The SMILES string of the molecule is CSc1ccsc1C(=O)Nc1ncccc1O. The summed E-state index contributed by atoms with van der Waals surface area (Å²) in [6.45, 7) is 0. The van der Waals surface area contributed by atoms with Crippen molar-refractivity contribution < 1.29 is 9.90 Å². The van der Waals surface area contributed by atoms with Crippen LogP contribution in [-0.4, -0.2) is 22.3 Å². The first-order chi connectivity index (χ1) is 8.22. The molecule has 0 aliphatic rings. The molecule has 0 bridgehead atoms. The number of pyridine rings is 1. The van der Waals surface area contributed by atoms with Gasteiger partial charge in [0.1, 0.15) is 4.88 Å². The lowest BCUT2D eigenvalue weighted by Gasteiger charge is -2.05. The number of rotatable bonds is 3. The number of thiophene rings is 1. The second-order valence-electron chi connectivity index (χ2n) is 3.14. The van der Waals surface area contributed by atoms with Gasteiger partial charge in [0.2, 0.25) is 0 Å². The first-order valence-corrected chi connectivity index (χ1v) is 6.89. The Balaban J connectivity index is 2.20. The summed E-state index contributed by atoms with van der Waals surface area (Å²) in [5, 5.41) is 13.9. The molecule has 0 aliphatic heterocycles. The maximum atomic E-state index is 11.9. The van der Waals surface area contributed by atoms with Crippen LogP contribution in [0.3, 0.4) is 0 Å². The zero-order valence-corrected chi connectivity index (χ0v) is 10.6. The van der Waals surface area contributed by atoms with Gasteiger partial charge in [-0.25, -0.2) is 4.98 Å². The molecule has 0 radical (unpaired) electrons. The van der Waals surface area contributed by atoms with E-state index in [1.165, 1.54) is 35.4 Å². The predicted molar refractivity (Wildman–Crippen MR) is 70.0 cm³/mol. The van der Waals surface area contributed by atoms with Gasteiger partial charge in [0.15, 0.2) is 11.6 Å². The topological polar surface area (TPSA) is 62.2 Å². The standard InChI is InChI=1S/C11H10N2O2S2/c1-16-8-4-6-17-9(8)11(15)13-10-7(14)3-2-5-12-10/h2-6,14H,1H3,(H,12,13,15). The van der Waals surface area contributed by atoms with Crippen LogP contribution in [0, 0.1) is 0 Å². The smallest absolute Gasteiger partial charge is 0.268 e. The molecular formula is C11H10N2O2S2. The first kappa shape index (κ1) is 11.9. The molecular weight excluding hydrogens is 256 g/mol. The summed E-state index contributed by atoms with van der Waals surface area (Å²) in [6.07, 6.45) is 3.43. The number of nitrogens with one attached hydrogen (secondary N) is 1. The van der Waals surface area contributed by atoms with Crippen molar-refractivity contribution in [2.24, 2.45) is 0 Å². The summed E-state index contributed by atoms with van der Waals surface area (Å²) in [4.78, 5) is 17.4. The quantitative estimate of drug-likeness (QED) is 0.839. The van der Waals surface area contributed by atoms with E-state index in [0.29, 0.717) is 4.88 Å². The van der Waals surface area contributed by atoms with E-state index in [2.05, 4.69) is 10.3 Å². The average Bonchev–Trinajstić information content (AvgIpc) is 2.80. The summed E-state index contributed by atoms with van der Waals surface area (Å²) < 4.78 is 0. The van der Waals surface area contributed by atoms with E-state index in [0.717, 1.165) is 4.90 Å². The minimum absolute atomic E-state index is 0.0388. The van der Waals surface area contributed by atoms with Gasteiger partial charge in [-0.1, -0.05) is 0 Å². The average molecular weight is 266 g/mol. The molecule has 6 heteroatoms. The third-order valence-corrected chi connectivity index (χ3v) is 3.90. The highest BCUT2D eigenvalue weighted by Gasteiger charge is 2.14. The van der Waals surface area contributed by atoms with Crippen LogP contribution in [0.4, 0.5) is 5.82 Å². The van der Waals surface area contributed by atoms with Gasteiger partial charge in [0.05, 0.1) is 0 Å². The summed E-state index contributed by atoms with van der Waals surface area (Å²) >= 11 is 2.88. The second kappa shape index (κ2) is 5.20. The Morgan fingerprint density at radius 3 is 3.06 bits per heavy atom. The summed E-state index contributed by atoms with van der Waals surface area (Å²) in [6, 6.07) is 4.97. The third kappa shape index (κ3) is 2.59. The zero-order chi connectivity index (χ0) is 12.3. The lowest BCUT2D eigenvalue weighted by Crippen LogP contribution is -2.12. The summed E-state index contributed by atoms with van der Waals surface area (Å²) in [7, 11) is 0. The summed E-state index contributed by atoms with van der Waals surface area (Å²) in [5.41, 5.74) is 0. The zero-order valence-electron chi connectivity index (χ0n) is 9.01. The van der Waals surface area contributed by atoms with E-state index in [1.807, 2.05) is 17.7 Å². The Labute approximate surface area is 107 Å². The Kier molecular flexibility index (Phi) is 3.65. The normalized spacial score (nSPS) is 10.2. The van der Waals surface area contributed by atoms with Crippen LogP contribution in [-0.2, 0) is 0 Å². The number of nitrogens with zero attached hydrogens (tertiary/aromatic N) is 1. The van der Waals surface area contributed by atoms with Gasteiger partial charge in [-0.2, -0.15) is 0 Å². The third-order valence-electron chi connectivity index (χ3n) is 2.07. The minimum atomic E-state index is -0.252. The van der Waals surface area contributed by atoms with Crippen molar-refractivity contribution in [1.29, 1.82) is 0 Å². The number of aromatic nitrogens is 1. The van der Waals surface area contributed by atoms with E-state index in [-0.39, 0.29) is 17.5 Å². The largest absolute Gasteiger partial charge is 0.504 e.